The van der Waals surface area contributed by atoms with E-state index in [0.717, 1.165) is 29.4 Å². The number of aromatic nitrogens is 3. The second-order valence-electron chi connectivity index (χ2n) is 7.11. The van der Waals surface area contributed by atoms with E-state index in [0.29, 0.717) is 12.6 Å². The molecule has 0 bridgehead atoms. The van der Waals surface area contributed by atoms with Gasteiger partial charge in [-0.25, -0.2) is 0 Å². The third kappa shape index (κ3) is 3.85. The highest BCUT2D eigenvalue weighted by molar-refractivity contribution is 5.79. The van der Waals surface area contributed by atoms with Gasteiger partial charge in [-0.05, 0) is 38.0 Å². The van der Waals surface area contributed by atoms with Crippen LogP contribution >= 0.6 is 0 Å². The first-order valence-electron chi connectivity index (χ1n) is 8.99. The molecule has 2 aliphatic carbocycles. The number of aryl methyl sites for hydroxylation is 1. The average Bonchev–Trinajstić information content (AvgIpc) is 2.90. The first-order valence-corrected chi connectivity index (χ1v) is 8.99. The highest BCUT2D eigenvalue weighted by Crippen LogP contribution is 2.40. The van der Waals surface area contributed by atoms with Gasteiger partial charge in [0, 0.05) is 20.1 Å². The molecule has 0 aromatic carbocycles. The molecule has 23 heavy (non-hydrogen) atoms. The van der Waals surface area contributed by atoms with Crippen LogP contribution in [0, 0.1) is 18.8 Å². The lowest BCUT2D eigenvalue weighted by Crippen LogP contribution is -2.46. The Morgan fingerprint density at radius 1 is 1.17 bits per heavy atom. The van der Waals surface area contributed by atoms with Gasteiger partial charge >= 0.3 is 0 Å². The minimum Gasteiger partial charge on any atom is -0.354 e. The van der Waals surface area contributed by atoms with Gasteiger partial charge in [-0.1, -0.05) is 25.7 Å². The lowest BCUT2D eigenvalue weighted by atomic mass is 9.69. The van der Waals surface area contributed by atoms with E-state index in [1.54, 1.807) is 0 Å². The topological polar surface area (TPSA) is 67.1 Å². The van der Waals surface area contributed by atoms with Crippen molar-refractivity contribution in [3.05, 3.63) is 11.6 Å². The Bertz CT molecular complexity index is 549. The van der Waals surface area contributed by atoms with Gasteiger partial charge < -0.3 is 15.2 Å². The fraction of sp³-hybridized carbons (Fsp3) is 0.824. The van der Waals surface area contributed by atoms with Gasteiger partial charge in [0.25, 0.3) is 0 Å². The summed E-state index contributed by atoms with van der Waals surface area (Å²) in [4.78, 5) is 4.37. The van der Waals surface area contributed by atoms with E-state index in [1.807, 2.05) is 25.6 Å². The molecular formula is C17H30N6. The maximum Gasteiger partial charge on any atom is 0.191 e. The van der Waals surface area contributed by atoms with Crippen LogP contribution in [0.3, 0.4) is 0 Å². The Kier molecular flexibility index (Phi) is 5.18. The number of fused-ring (bicyclic) bond motifs is 1. The Labute approximate surface area is 139 Å². The third-order valence-electron chi connectivity index (χ3n) is 5.70. The first-order chi connectivity index (χ1) is 11.2. The highest BCUT2D eigenvalue weighted by Gasteiger charge is 2.32. The van der Waals surface area contributed by atoms with Crippen molar-refractivity contribution in [2.45, 2.75) is 64.5 Å². The van der Waals surface area contributed by atoms with Crippen molar-refractivity contribution in [2.24, 2.45) is 23.9 Å². The van der Waals surface area contributed by atoms with E-state index in [4.69, 9.17) is 0 Å². The number of nitrogens with zero attached hydrogens (tertiary/aromatic N) is 4. The van der Waals surface area contributed by atoms with Crippen LogP contribution in [0.1, 0.15) is 56.6 Å². The van der Waals surface area contributed by atoms with Crippen molar-refractivity contribution in [2.75, 3.05) is 7.05 Å². The van der Waals surface area contributed by atoms with Gasteiger partial charge in [-0.2, -0.15) is 0 Å². The predicted molar refractivity (Wildman–Crippen MR) is 92.2 cm³/mol. The van der Waals surface area contributed by atoms with E-state index in [1.165, 1.54) is 44.9 Å². The molecule has 0 radical (unpaired) electrons. The lowest BCUT2D eigenvalue weighted by Gasteiger charge is -2.39. The summed E-state index contributed by atoms with van der Waals surface area (Å²) in [7, 11) is 3.83. The van der Waals surface area contributed by atoms with Crippen LogP contribution in [0.25, 0.3) is 0 Å². The monoisotopic (exact) mass is 318 g/mol. The predicted octanol–water partition coefficient (Wildman–Crippen LogP) is 2.15. The molecule has 2 saturated carbocycles. The molecule has 0 amide bonds. The molecule has 1 aromatic heterocycles. The van der Waals surface area contributed by atoms with E-state index in [2.05, 4.69) is 25.8 Å². The van der Waals surface area contributed by atoms with Gasteiger partial charge in [0.05, 0.1) is 6.54 Å². The van der Waals surface area contributed by atoms with Crippen molar-refractivity contribution in [3.8, 4) is 0 Å². The third-order valence-corrected chi connectivity index (χ3v) is 5.70. The minimum atomic E-state index is 0.557. The molecule has 2 aliphatic rings. The van der Waals surface area contributed by atoms with Crippen LogP contribution in [0.15, 0.2) is 4.99 Å². The van der Waals surface area contributed by atoms with Crippen LogP contribution in [0.5, 0.6) is 0 Å². The molecule has 0 saturated heterocycles. The van der Waals surface area contributed by atoms with Crippen molar-refractivity contribution in [1.29, 1.82) is 0 Å². The van der Waals surface area contributed by atoms with Crippen LogP contribution in [0.4, 0.5) is 0 Å². The smallest absolute Gasteiger partial charge is 0.191 e. The van der Waals surface area contributed by atoms with Gasteiger partial charge in [0.2, 0.25) is 0 Å². The van der Waals surface area contributed by atoms with Gasteiger partial charge in [-0.15, -0.1) is 10.2 Å². The number of nitrogens with one attached hydrogen (secondary N) is 2. The molecule has 0 aliphatic heterocycles. The Morgan fingerprint density at radius 2 is 1.96 bits per heavy atom. The Hall–Kier alpha value is -1.59. The molecule has 128 valence electrons. The summed E-state index contributed by atoms with van der Waals surface area (Å²) < 4.78 is 2.01. The summed E-state index contributed by atoms with van der Waals surface area (Å²) >= 11 is 0. The summed E-state index contributed by atoms with van der Waals surface area (Å²) in [5.74, 6) is 4.65. The van der Waals surface area contributed by atoms with Gasteiger partial charge in [-0.3, -0.25) is 4.99 Å². The molecule has 6 nitrogen and oxygen atoms in total. The quantitative estimate of drug-likeness (QED) is 0.662. The molecule has 1 aromatic rings. The summed E-state index contributed by atoms with van der Waals surface area (Å²) in [6.07, 6.45) is 9.69. The van der Waals surface area contributed by atoms with Crippen molar-refractivity contribution in [3.63, 3.8) is 0 Å². The standard InChI is InChI=1S/C17H30N6/c1-12-21-22-16(23(12)3)11-19-17(18-2)20-15-9-8-13-6-4-5-7-14(13)10-15/h13-15H,4-11H2,1-3H3,(H2,18,19,20). The summed E-state index contributed by atoms with van der Waals surface area (Å²) in [6, 6.07) is 0.557. The highest BCUT2D eigenvalue weighted by atomic mass is 15.3. The van der Waals surface area contributed by atoms with Crippen LogP contribution < -0.4 is 10.6 Å². The lowest BCUT2D eigenvalue weighted by molar-refractivity contribution is 0.150. The maximum atomic E-state index is 4.37. The zero-order valence-corrected chi connectivity index (χ0v) is 14.7. The van der Waals surface area contributed by atoms with E-state index >= 15 is 0 Å². The Balaban J connectivity index is 1.50. The molecule has 3 unspecified atom stereocenters. The van der Waals surface area contributed by atoms with Gasteiger partial charge in [0.15, 0.2) is 11.8 Å². The zero-order valence-electron chi connectivity index (χ0n) is 14.7. The van der Waals surface area contributed by atoms with Crippen LogP contribution in [-0.2, 0) is 13.6 Å². The molecule has 0 spiro atoms. The Morgan fingerprint density at radius 3 is 2.65 bits per heavy atom. The van der Waals surface area contributed by atoms with Crippen molar-refractivity contribution in [1.82, 2.24) is 25.4 Å². The number of hydrogen-bond donors (Lipinski definition) is 2. The maximum absolute atomic E-state index is 4.37. The first kappa shape index (κ1) is 16.3. The molecule has 3 rings (SSSR count). The molecule has 2 N–H and O–H groups in total. The number of hydrogen-bond acceptors (Lipinski definition) is 3. The number of guanidine groups is 1. The van der Waals surface area contributed by atoms with Crippen LogP contribution in [-0.4, -0.2) is 33.8 Å². The summed E-state index contributed by atoms with van der Waals surface area (Å²) in [6.45, 7) is 2.61. The molecule has 1 heterocycles. The SMILES string of the molecule is CN=C(NCc1nnc(C)n1C)NC1CCC2CCCCC2C1. The molecule has 3 atom stereocenters. The van der Waals surface area contributed by atoms with E-state index in [9.17, 15) is 0 Å². The fourth-order valence-corrected chi connectivity index (χ4v) is 4.16. The van der Waals surface area contributed by atoms with Crippen molar-refractivity contribution < 1.29 is 0 Å². The number of aliphatic imine (C=N–C) groups is 1. The molecular weight excluding hydrogens is 288 g/mol. The summed E-state index contributed by atoms with van der Waals surface area (Å²) in [5, 5.41) is 15.3. The second-order valence-corrected chi connectivity index (χ2v) is 7.11. The van der Waals surface area contributed by atoms with Gasteiger partial charge in [0.1, 0.15) is 5.82 Å². The largest absolute Gasteiger partial charge is 0.354 e. The fourth-order valence-electron chi connectivity index (χ4n) is 4.16. The normalized spacial score (nSPS) is 28.3. The molecule has 6 heteroatoms. The number of rotatable bonds is 3. The van der Waals surface area contributed by atoms with E-state index in [-0.39, 0.29) is 0 Å². The molecule has 2 fully saturated rings. The summed E-state index contributed by atoms with van der Waals surface area (Å²) in [5.41, 5.74) is 0. The van der Waals surface area contributed by atoms with Crippen molar-refractivity contribution >= 4 is 5.96 Å². The van der Waals surface area contributed by atoms with Crippen LogP contribution in [0.2, 0.25) is 0 Å². The minimum absolute atomic E-state index is 0.557. The zero-order chi connectivity index (χ0) is 16.2. The second kappa shape index (κ2) is 7.32. The average molecular weight is 318 g/mol. The van der Waals surface area contributed by atoms with E-state index < -0.39 is 0 Å².